The molecule has 4 atom stereocenters. The van der Waals surface area contributed by atoms with Gasteiger partial charge >= 0.3 is 0 Å². The van der Waals surface area contributed by atoms with Gasteiger partial charge in [0, 0.05) is 0 Å². The minimum Gasteiger partial charge on any atom is -0.390 e. The van der Waals surface area contributed by atoms with Crippen LogP contribution < -0.4 is 0 Å². The zero-order valence-corrected chi connectivity index (χ0v) is 10.3. The van der Waals surface area contributed by atoms with Gasteiger partial charge in [-0.05, 0) is 43.4 Å². The van der Waals surface area contributed by atoms with Crippen molar-refractivity contribution >= 4 is 0 Å². The molecular formula is C14H26O. The van der Waals surface area contributed by atoms with E-state index in [-0.39, 0.29) is 5.60 Å². The Bertz CT molecular complexity index is 213. The minimum atomic E-state index is -0.291. The first-order chi connectivity index (χ1) is 7.15. The highest BCUT2D eigenvalue weighted by Gasteiger charge is 2.45. The predicted octanol–water partition coefficient (Wildman–Crippen LogP) is 3.75. The lowest BCUT2D eigenvalue weighted by Crippen LogP contribution is -2.41. The molecule has 0 spiro atoms. The SMILES string of the molecule is CCC1CCCCC1C1(O)CCC(C)C1. The van der Waals surface area contributed by atoms with E-state index >= 15 is 0 Å². The summed E-state index contributed by atoms with van der Waals surface area (Å²) in [6.07, 6.45) is 10.0. The Morgan fingerprint density at radius 1 is 1.20 bits per heavy atom. The van der Waals surface area contributed by atoms with Crippen LogP contribution in [0.5, 0.6) is 0 Å². The van der Waals surface area contributed by atoms with E-state index in [2.05, 4.69) is 13.8 Å². The van der Waals surface area contributed by atoms with E-state index in [1.807, 2.05) is 0 Å². The third-order valence-corrected chi connectivity index (χ3v) is 4.90. The van der Waals surface area contributed by atoms with E-state index in [1.165, 1.54) is 38.5 Å². The van der Waals surface area contributed by atoms with Crippen molar-refractivity contribution < 1.29 is 5.11 Å². The molecule has 1 N–H and O–H groups in total. The Kier molecular flexibility index (Phi) is 3.39. The average Bonchev–Trinajstić information content (AvgIpc) is 2.60. The van der Waals surface area contributed by atoms with Crippen LogP contribution in [0, 0.1) is 17.8 Å². The lowest BCUT2D eigenvalue weighted by Gasteiger charge is -2.41. The molecule has 0 aromatic heterocycles. The van der Waals surface area contributed by atoms with Crippen LogP contribution in [0.1, 0.15) is 65.2 Å². The van der Waals surface area contributed by atoms with Gasteiger partial charge in [-0.15, -0.1) is 0 Å². The molecule has 0 aliphatic heterocycles. The van der Waals surface area contributed by atoms with E-state index in [1.54, 1.807) is 0 Å². The molecule has 2 fully saturated rings. The van der Waals surface area contributed by atoms with Crippen molar-refractivity contribution in [3.63, 3.8) is 0 Å². The Hall–Kier alpha value is -0.0400. The summed E-state index contributed by atoms with van der Waals surface area (Å²) < 4.78 is 0. The first-order valence-corrected chi connectivity index (χ1v) is 6.88. The van der Waals surface area contributed by atoms with Gasteiger partial charge in [0.1, 0.15) is 0 Å². The third-order valence-electron chi connectivity index (χ3n) is 4.90. The maximum atomic E-state index is 10.8. The average molecular weight is 210 g/mol. The standard InChI is InChI=1S/C14H26O/c1-3-12-6-4-5-7-13(12)14(15)9-8-11(2)10-14/h11-13,15H,3-10H2,1-2H3. The third kappa shape index (κ3) is 2.22. The summed E-state index contributed by atoms with van der Waals surface area (Å²) in [5, 5.41) is 10.8. The molecule has 1 nitrogen and oxygen atoms in total. The van der Waals surface area contributed by atoms with Crippen LogP contribution in [0.3, 0.4) is 0 Å². The summed E-state index contributed by atoms with van der Waals surface area (Å²) in [4.78, 5) is 0. The van der Waals surface area contributed by atoms with Gasteiger partial charge in [-0.1, -0.05) is 39.5 Å². The molecule has 2 aliphatic carbocycles. The van der Waals surface area contributed by atoms with Crippen LogP contribution >= 0.6 is 0 Å². The van der Waals surface area contributed by atoms with Gasteiger partial charge in [0.25, 0.3) is 0 Å². The largest absolute Gasteiger partial charge is 0.390 e. The molecule has 15 heavy (non-hydrogen) atoms. The maximum Gasteiger partial charge on any atom is 0.0681 e. The Labute approximate surface area is 94.3 Å². The fourth-order valence-electron chi connectivity index (χ4n) is 4.04. The van der Waals surface area contributed by atoms with Crippen LogP contribution in [0.4, 0.5) is 0 Å². The normalized spacial score (nSPS) is 47.0. The topological polar surface area (TPSA) is 20.2 Å². The van der Waals surface area contributed by atoms with Crippen LogP contribution in [0.25, 0.3) is 0 Å². The molecule has 0 bridgehead atoms. The fourth-order valence-corrected chi connectivity index (χ4v) is 4.04. The van der Waals surface area contributed by atoms with E-state index in [9.17, 15) is 5.11 Å². The molecule has 2 rings (SSSR count). The van der Waals surface area contributed by atoms with Crippen LogP contribution in [0.2, 0.25) is 0 Å². The summed E-state index contributed by atoms with van der Waals surface area (Å²) in [6.45, 7) is 4.59. The molecule has 88 valence electrons. The monoisotopic (exact) mass is 210 g/mol. The lowest BCUT2D eigenvalue weighted by molar-refractivity contribution is -0.0550. The number of aliphatic hydroxyl groups is 1. The summed E-state index contributed by atoms with van der Waals surface area (Å²) in [5.74, 6) is 2.16. The van der Waals surface area contributed by atoms with Gasteiger partial charge in [0.05, 0.1) is 5.60 Å². The number of rotatable bonds is 2. The molecule has 0 amide bonds. The van der Waals surface area contributed by atoms with Crippen molar-refractivity contribution in [3.8, 4) is 0 Å². The molecule has 0 heterocycles. The zero-order valence-electron chi connectivity index (χ0n) is 10.3. The summed E-state index contributed by atoms with van der Waals surface area (Å²) in [6, 6.07) is 0. The number of hydrogen-bond acceptors (Lipinski definition) is 1. The molecule has 2 saturated carbocycles. The summed E-state index contributed by atoms with van der Waals surface area (Å²) >= 11 is 0. The predicted molar refractivity (Wildman–Crippen MR) is 63.7 cm³/mol. The Balaban J connectivity index is 2.06. The van der Waals surface area contributed by atoms with Crippen molar-refractivity contribution in [2.45, 2.75) is 70.8 Å². The van der Waals surface area contributed by atoms with Crippen molar-refractivity contribution in [3.05, 3.63) is 0 Å². The van der Waals surface area contributed by atoms with Crippen LogP contribution in [-0.4, -0.2) is 10.7 Å². The maximum absolute atomic E-state index is 10.8. The van der Waals surface area contributed by atoms with Crippen molar-refractivity contribution in [2.75, 3.05) is 0 Å². The van der Waals surface area contributed by atoms with Gasteiger partial charge in [0.2, 0.25) is 0 Å². The highest BCUT2D eigenvalue weighted by molar-refractivity contribution is 4.96. The molecule has 4 unspecified atom stereocenters. The second-order valence-electron chi connectivity index (χ2n) is 6.01. The molecule has 0 radical (unpaired) electrons. The van der Waals surface area contributed by atoms with Crippen molar-refractivity contribution in [1.82, 2.24) is 0 Å². The Morgan fingerprint density at radius 2 is 1.93 bits per heavy atom. The summed E-state index contributed by atoms with van der Waals surface area (Å²) in [7, 11) is 0. The molecule has 2 aliphatic rings. The lowest BCUT2D eigenvalue weighted by atomic mass is 9.68. The highest BCUT2D eigenvalue weighted by Crippen LogP contribution is 2.47. The van der Waals surface area contributed by atoms with Gasteiger partial charge in [-0.2, -0.15) is 0 Å². The second-order valence-corrected chi connectivity index (χ2v) is 6.01. The minimum absolute atomic E-state index is 0.291. The second kappa shape index (κ2) is 4.45. The van der Waals surface area contributed by atoms with Gasteiger partial charge in [0.15, 0.2) is 0 Å². The van der Waals surface area contributed by atoms with E-state index in [0.717, 1.165) is 24.7 Å². The summed E-state index contributed by atoms with van der Waals surface area (Å²) in [5.41, 5.74) is -0.291. The first kappa shape index (κ1) is 11.4. The number of hydrogen-bond donors (Lipinski definition) is 1. The van der Waals surface area contributed by atoms with Gasteiger partial charge < -0.3 is 5.11 Å². The zero-order chi connectivity index (χ0) is 10.9. The molecule has 0 aromatic carbocycles. The van der Waals surface area contributed by atoms with Crippen LogP contribution in [0.15, 0.2) is 0 Å². The highest BCUT2D eigenvalue weighted by atomic mass is 16.3. The molecule has 1 heteroatoms. The first-order valence-electron chi connectivity index (χ1n) is 6.88. The van der Waals surface area contributed by atoms with Gasteiger partial charge in [-0.3, -0.25) is 0 Å². The molecule has 0 saturated heterocycles. The van der Waals surface area contributed by atoms with Gasteiger partial charge in [-0.25, -0.2) is 0 Å². The van der Waals surface area contributed by atoms with E-state index in [0.29, 0.717) is 5.92 Å². The van der Waals surface area contributed by atoms with Crippen molar-refractivity contribution in [1.29, 1.82) is 0 Å². The Morgan fingerprint density at radius 3 is 2.53 bits per heavy atom. The van der Waals surface area contributed by atoms with E-state index in [4.69, 9.17) is 0 Å². The quantitative estimate of drug-likeness (QED) is 0.736. The smallest absolute Gasteiger partial charge is 0.0681 e. The molecular weight excluding hydrogens is 184 g/mol. The molecule has 0 aromatic rings. The van der Waals surface area contributed by atoms with Crippen LogP contribution in [-0.2, 0) is 0 Å². The van der Waals surface area contributed by atoms with Crippen molar-refractivity contribution in [2.24, 2.45) is 17.8 Å². The van der Waals surface area contributed by atoms with E-state index < -0.39 is 0 Å². The fraction of sp³-hybridized carbons (Fsp3) is 1.00.